The van der Waals surface area contributed by atoms with Crippen molar-refractivity contribution in [3.05, 3.63) is 91.4 Å². The summed E-state index contributed by atoms with van der Waals surface area (Å²) in [5.41, 5.74) is 0.992. The van der Waals surface area contributed by atoms with E-state index in [1.165, 1.54) is 0 Å². The van der Waals surface area contributed by atoms with Crippen LogP contribution in [0.15, 0.2) is 35.3 Å². The Kier molecular flexibility index (Phi) is 12.7. The van der Waals surface area contributed by atoms with E-state index in [1.54, 1.807) is 45.8 Å². The van der Waals surface area contributed by atoms with Crippen LogP contribution in [0.4, 0.5) is 22.0 Å². The number of aromatic nitrogens is 1. The lowest BCUT2D eigenvalue weighted by Gasteiger charge is -2.26. The second-order valence-electron chi connectivity index (χ2n) is 14.6. The average Bonchev–Trinajstić information content (AvgIpc) is 3.85. The lowest BCUT2D eigenvalue weighted by Crippen LogP contribution is -2.33. The van der Waals surface area contributed by atoms with Gasteiger partial charge in [0, 0.05) is 42.3 Å². The van der Waals surface area contributed by atoms with Gasteiger partial charge in [-0.3, -0.25) is 14.4 Å². The van der Waals surface area contributed by atoms with Crippen LogP contribution in [0.5, 0.6) is 0 Å². The first-order valence-electron chi connectivity index (χ1n) is 17.6. The van der Waals surface area contributed by atoms with Crippen LogP contribution >= 0.6 is 0 Å². The van der Waals surface area contributed by atoms with Gasteiger partial charge in [0.1, 0.15) is 11.6 Å². The molecule has 0 N–H and O–H groups in total. The quantitative estimate of drug-likeness (QED) is 0.116. The lowest BCUT2D eigenvalue weighted by atomic mass is 9.82. The molecule has 6 nitrogen and oxygen atoms in total. The van der Waals surface area contributed by atoms with E-state index in [-0.39, 0.29) is 49.0 Å². The number of likely N-dealkylation sites (N-methyl/N-ethyl adjacent to an activating group) is 1. The first kappa shape index (κ1) is 39.9. The van der Waals surface area contributed by atoms with Gasteiger partial charge in [-0.1, -0.05) is 31.5 Å². The third-order valence-electron chi connectivity index (χ3n) is 9.50. The van der Waals surface area contributed by atoms with Gasteiger partial charge in [0.2, 0.25) is 0 Å². The zero-order valence-electron chi connectivity index (χ0n) is 30.8. The number of ether oxygens (including phenoxy) is 1. The van der Waals surface area contributed by atoms with Gasteiger partial charge in [-0.25, -0.2) is 8.78 Å². The Bertz CT molecular complexity index is 1800. The number of Topliss-reactive ketones (excluding diaryl/α,β-unsaturated/α-hetero) is 1. The van der Waals surface area contributed by atoms with Crippen LogP contribution in [0, 0.1) is 38.3 Å². The molecule has 1 fully saturated rings. The number of esters is 1. The molecule has 0 radical (unpaired) electrons. The second-order valence-corrected chi connectivity index (χ2v) is 14.6. The van der Waals surface area contributed by atoms with Gasteiger partial charge in [0.15, 0.2) is 5.78 Å². The van der Waals surface area contributed by atoms with Crippen molar-refractivity contribution in [1.82, 2.24) is 9.47 Å². The van der Waals surface area contributed by atoms with E-state index < -0.39 is 71.1 Å². The number of hydrogen-bond acceptors (Lipinski definition) is 5. The van der Waals surface area contributed by atoms with E-state index in [2.05, 4.69) is 0 Å². The molecule has 4 rings (SSSR count). The Morgan fingerprint density at radius 1 is 0.980 bits per heavy atom. The molecule has 1 aliphatic rings. The van der Waals surface area contributed by atoms with Crippen molar-refractivity contribution in [2.45, 2.75) is 104 Å². The molecule has 51 heavy (non-hydrogen) atoms. The number of hydrogen-bond donors (Lipinski definition) is 0. The lowest BCUT2D eigenvalue weighted by molar-refractivity contribution is -0.143. The number of nitrogens with zero attached hydrogens (tertiary/aromatic N) is 2. The third-order valence-corrected chi connectivity index (χ3v) is 9.50. The van der Waals surface area contributed by atoms with Crippen LogP contribution in [-0.4, -0.2) is 48.5 Å². The average molecular weight is 717 g/mol. The largest absolute Gasteiger partial charge is 0.466 e. The minimum absolute atomic E-state index is 0.00618. The molecule has 0 aliphatic heterocycles. The highest BCUT2D eigenvalue weighted by atomic mass is 19.4. The molecule has 1 heterocycles. The highest BCUT2D eigenvalue weighted by Gasteiger charge is 2.38. The van der Waals surface area contributed by atoms with E-state index >= 15 is 8.78 Å². The second kappa shape index (κ2) is 16.2. The van der Waals surface area contributed by atoms with Gasteiger partial charge in [0.25, 0.3) is 5.56 Å². The smallest absolute Gasteiger partial charge is 0.416 e. The molecular formula is C40H49F5N2O4. The third kappa shape index (κ3) is 9.53. The molecular weight excluding hydrogens is 667 g/mol. The minimum Gasteiger partial charge on any atom is -0.466 e. The fourth-order valence-corrected chi connectivity index (χ4v) is 7.08. The Hall–Kier alpha value is -3.86. The molecule has 1 saturated carbocycles. The Labute approximate surface area is 297 Å². The molecule has 2 aromatic carbocycles. The standard InChI is InChI=1S/C40H49F5N2O4/c1-9-51-35(50)18-28(37-38(41)29(26-10-11-26)19-30(39(37)42)36-24(5)15-23(4)16-25(36)6)17-33(48)32(14-22(2)3)47-21-27(12-13-46(7)8)31(20-34(47)49)40(43,44)45/h15-16,19-22,26,28,32H,9-14,17-18H2,1-8H3/t28-,32?/m0/s1. The summed E-state index contributed by atoms with van der Waals surface area (Å²) < 4.78 is 81.9. The molecule has 278 valence electrons. The fourth-order valence-electron chi connectivity index (χ4n) is 7.08. The number of ketones is 1. The SMILES string of the molecule is CCOC(=O)C[C@H](CC(=O)C(CC(C)C)n1cc(CCN(C)C)c(C(F)(F)F)cc1=O)c1c(F)c(-c2c(C)cc(C)cc2C)cc(C2CC2)c1F. The zero-order chi connectivity index (χ0) is 37.9. The molecule has 1 aliphatic carbocycles. The minimum atomic E-state index is -4.80. The number of alkyl halides is 3. The molecule has 3 aromatic rings. The number of benzene rings is 2. The Balaban J connectivity index is 1.90. The van der Waals surface area contributed by atoms with E-state index in [1.807, 2.05) is 32.9 Å². The van der Waals surface area contributed by atoms with Crippen molar-refractivity contribution >= 4 is 11.8 Å². The highest BCUT2D eigenvalue weighted by Crippen LogP contribution is 2.47. The highest BCUT2D eigenvalue weighted by molar-refractivity contribution is 5.85. The van der Waals surface area contributed by atoms with Crippen molar-refractivity contribution in [2.75, 3.05) is 27.2 Å². The molecule has 0 bridgehead atoms. The van der Waals surface area contributed by atoms with Gasteiger partial charge in [0.05, 0.1) is 24.6 Å². The maximum Gasteiger partial charge on any atom is 0.416 e. The van der Waals surface area contributed by atoms with Crippen LogP contribution in [0.2, 0.25) is 0 Å². The van der Waals surface area contributed by atoms with Gasteiger partial charge < -0.3 is 14.2 Å². The molecule has 0 saturated heterocycles. The Morgan fingerprint density at radius 3 is 2.14 bits per heavy atom. The summed E-state index contributed by atoms with van der Waals surface area (Å²) in [6.45, 7) is 11.1. The van der Waals surface area contributed by atoms with Crippen LogP contribution in [0.1, 0.15) is 110 Å². The van der Waals surface area contributed by atoms with E-state index in [0.717, 1.165) is 27.5 Å². The van der Waals surface area contributed by atoms with Crippen molar-refractivity contribution in [2.24, 2.45) is 5.92 Å². The predicted molar refractivity (Wildman–Crippen MR) is 188 cm³/mol. The molecule has 0 amide bonds. The summed E-state index contributed by atoms with van der Waals surface area (Å²) in [6.07, 6.45) is -3.33. The predicted octanol–water partition coefficient (Wildman–Crippen LogP) is 9.00. The van der Waals surface area contributed by atoms with E-state index in [4.69, 9.17) is 4.74 Å². The van der Waals surface area contributed by atoms with Gasteiger partial charge >= 0.3 is 12.1 Å². The van der Waals surface area contributed by atoms with Crippen LogP contribution in [0.3, 0.4) is 0 Å². The van der Waals surface area contributed by atoms with E-state index in [9.17, 15) is 27.6 Å². The van der Waals surface area contributed by atoms with Crippen LogP contribution < -0.4 is 5.56 Å². The first-order chi connectivity index (χ1) is 23.8. The summed E-state index contributed by atoms with van der Waals surface area (Å²) in [5, 5.41) is 0. The number of halogens is 5. The van der Waals surface area contributed by atoms with Gasteiger partial charge in [-0.15, -0.1) is 0 Å². The summed E-state index contributed by atoms with van der Waals surface area (Å²) in [6, 6.07) is 4.62. The number of rotatable bonds is 15. The maximum absolute atomic E-state index is 17.0. The van der Waals surface area contributed by atoms with Crippen molar-refractivity contribution in [1.29, 1.82) is 0 Å². The molecule has 1 aromatic heterocycles. The summed E-state index contributed by atoms with van der Waals surface area (Å²) in [5.74, 6) is -4.73. The molecule has 11 heteroatoms. The number of aryl methyl sites for hydroxylation is 3. The number of carbonyl (C=O) groups excluding carboxylic acids is 2. The first-order valence-corrected chi connectivity index (χ1v) is 17.6. The van der Waals surface area contributed by atoms with Gasteiger partial charge in [-0.05, 0) is 113 Å². The van der Waals surface area contributed by atoms with E-state index in [0.29, 0.717) is 30.0 Å². The summed E-state index contributed by atoms with van der Waals surface area (Å²) >= 11 is 0. The topological polar surface area (TPSA) is 68.6 Å². The Morgan fingerprint density at radius 2 is 1.61 bits per heavy atom. The molecule has 2 atom stereocenters. The van der Waals surface area contributed by atoms with Crippen molar-refractivity contribution in [3.63, 3.8) is 0 Å². The molecule has 1 unspecified atom stereocenters. The maximum atomic E-state index is 17.0. The number of pyridine rings is 1. The number of carbonyl (C=O) groups is 2. The summed E-state index contributed by atoms with van der Waals surface area (Å²) in [4.78, 5) is 42.4. The molecule has 0 spiro atoms. The summed E-state index contributed by atoms with van der Waals surface area (Å²) in [7, 11) is 3.42. The monoisotopic (exact) mass is 716 g/mol. The van der Waals surface area contributed by atoms with Crippen molar-refractivity contribution in [3.8, 4) is 11.1 Å². The fraction of sp³-hybridized carbons (Fsp3) is 0.525. The van der Waals surface area contributed by atoms with Crippen LogP contribution in [-0.2, 0) is 26.9 Å². The van der Waals surface area contributed by atoms with Gasteiger partial charge in [-0.2, -0.15) is 13.2 Å². The van der Waals surface area contributed by atoms with Crippen LogP contribution in [0.25, 0.3) is 11.1 Å². The zero-order valence-corrected chi connectivity index (χ0v) is 30.8. The normalized spacial score (nSPS) is 14.6. The van der Waals surface area contributed by atoms with Crippen molar-refractivity contribution < 1.29 is 36.3 Å².